The number of carbonyl (C=O) groups excluding carboxylic acids is 2. The highest BCUT2D eigenvalue weighted by molar-refractivity contribution is 6.31. The summed E-state index contributed by atoms with van der Waals surface area (Å²) in [5, 5.41) is 3.15. The minimum atomic E-state index is -0.828. The van der Waals surface area contributed by atoms with E-state index in [0.717, 1.165) is 0 Å². The van der Waals surface area contributed by atoms with Crippen LogP contribution in [0.2, 0.25) is 5.02 Å². The van der Waals surface area contributed by atoms with Gasteiger partial charge >= 0.3 is 12.0 Å². The molecule has 1 atom stereocenters. The van der Waals surface area contributed by atoms with Gasteiger partial charge in [-0.3, -0.25) is 4.90 Å². The summed E-state index contributed by atoms with van der Waals surface area (Å²) in [6.07, 6.45) is 0. The van der Waals surface area contributed by atoms with Crippen LogP contribution in [0.4, 0.5) is 9.18 Å². The van der Waals surface area contributed by atoms with E-state index < -0.39 is 23.9 Å². The molecule has 1 aliphatic rings. The number of likely N-dealkylation sites (N-methyl/N-ethyl adjacent to an activating group) is 1. The second kappa shape index (κ2) is 8.96. The van der Waals surface area contributed by atoms with Gasteiger partial charge in [-0.1, -0.05) is 41.9 Å². The monoisotopic (exact) mass is 418 g/mol. The number of ether oxygens (including phenoxy) is 2. The Morgan fingerprint density at radius 2 is 1.90 bits per heavy atom. The summed E-state index contributed by atoms with van der Waals surface area (Å²) in [5.74, 6) is -1.15. The molecular weight excluding hydrogens is 399 g/mol. The van der Waals surface area contributed by atoms with Gasteiger partial charge in [0.25, 0.3) is 0 Å². The third-order valence-electron chi connectivity index (χ3n) is 4.49. The number of benzene rings is 2. The van der Waals surface area contributed by atoms with Gasteiger partial charge in [0, 0.05) is 12.1 Å². The number of nitrogens with zero attached hydrogens (tertiary/aromatic N) is 1. The van der Waals surface area contributed by atoms with Gasteiger partial charge in [-0.15, -0.1) is 0 Å². The largest absolute Gasteiger partial charge is 0.484 e. The van der Waals surface area contributed by atoms with Crippen LogP contribution in [0.25, 0.3) is 0 Å². The summed E-state index contributed by atoms with van der Waals surface area (Å²) in [4.78, 5) is 26.6. The molecule has 0 bridgehead atoms. The van der Waals surface area contributed by atoms with Crippen molar-refractivity contribution in [2.75, 3.05) is 20.3 Å². The third kappa shape index (κ3) is 4.35. The van der Waals surface area contributed by atoms with Crippen molar-refractivity contribution >= 4 is 23.6 Å². The molecule has 0 spiro atoms. The Morgan fingerprint density at radius 3 is 2.59 bits per heavy atom. The summed E-state index contributed by atoms with van der Waals surface area (Å²) < 4.78 is 24.7. The van der Waals surface area contributed by atoms with Crippen LogP contribution in [0.3, 0.4) is 0 Å². The average molecular weight is 419 g/mol. The second-order valence-corrected chi connectivity index (χ2v) is 6.67. The van der Waals surface area contributed by atoms with Crippen LogP contribution < -0.4 is 10.1 Å². The lowest BCUT2D eigenvalue weighted by molar-refractivity contribution is -0.139. The highest BCUT2D eigenvalue weighted by Crippen LogP contribution is 2.34. The van der Waals surface area contributed by atoms with E-state index in [0.29, 0.717) is 10.6 Å². The van der Waals surface area contributed by atoms with E-state index in [9.17, 15) is 14.0 Å². The zero-order valence-electron chi connectivity index (χ0n) is 15.9. The predicted molar refractivity (Wildman–Crippen MR) is 106 cm³/mol. The Hall–Kier alpha value is -3.06. The molecule has 29 heavy (non-hydrogen) atoms. The molecule has 6 nitrogen and oxygen atoms in total. The van der Waals surface area contributed by atoms with Gasteiger partial charge in [0.05, 0.1) is 23.9 Å². The minimum Gasteiger partial charge on any atom is -0.484 e. The van der Waals surface area contributed by atoms with Gasteiger partial charge in [0.2, 0.25) is 0 Å². The molecular formula is C21H20ClFN2O4. The summed E-state index contributed by atoms with van der Waals surface area (Å²) in [5.41, 5.74) is 0.987. The van der Waals surface area contributed by atoms with Crippen molar-refractivity contribution in [2.45, 2.75) is 13.0 Å². The van der Waals surface area contributed by atoms with Crippen molar-refractivity contribution in [3.63, 3.8) is 0 Å². The Labute approximate surface area is 172 Å². The lowest BCUT2D eigenvalue weighted by atomic mass is 9.94. The highest BCUT2D eigenvalue weighted by Gasteiger charge is 2.37. The number of hydrogen-bond acceptors (Lipinski definition) is 4. The Morgan fingerprint density at radius 1 is 1.21 bits per heavy atom. The molecule has 2 aromatic carbocycles. The van der Waals surface area contributed by atoms with Crippen LogP contribution in [0.1, 0.15) is 18.5 Å². The number of rotatable bonds is 6. The summed E-state index contributed by atoms with van der Waals surface area (Å²) in [6, 6.07) is 11.5. The number of carbonyl (C=O) groups is 2. The van der Waals surface area contributed by atoms with E-state index in [-0.39, 0.29) is 30.2 Å². The molecule has 0 unspecified atom stereocenters. The maximum Gasteiger partial charge on any atom is 0.338 e. The molecule has 0 saturated heterocycles. The molecule has 0 saturated carbocycles. The summed E-state index contributed by atoms with van der Waals surface area (Å²) in [6.45, 7) is 1.63. The quantitative estimate of drug-likeness (QED) is 0.718. The number of urea groups is 1. The van der Waals surface area contributed by atoms with Crippen LogP contribution in [0, 0.1) is 5.82 Å². The molecule has 1 heterocycles. The zero-order chi connectivity index (χ0) is 21.0. The van der Waals surface area contributed by atoms with Crippen LogP contribution in [-0.2, 0) is 9.53 Å². The first kappa shape index (κ1) is 20.7. The lowest BCUT2D eigenvalue weighted by Gasteiger charge is -2.34. The maximum absolute atomic E-state index is 13.9. The molecule has 0 radical (unpaired) electrons. The molecule has 1 aliphatic heterocycles. The van der Waals surface area contributed by atoms with E-state index in [1.807, 2.05) is 0 Å². The van der Waals surface area contributed by atoms with Gasteiger partial charge in [-0.25, -0.2) is 14.0 Å². The number of amides is 2. The van der Waals surface area contributed by atoms with Crippen molar-refractivity contribution in [3.05, 3.63) is 76.2 Å². The van der Waals surface area contributed by atoms with E-state index >= 15 is 0 Å². The first-order valence-electron chi connectivity index (χ1n) is 9.00. The van der Waals surface area contributed by atoms with Crippen molar-refractivity contribution in [1.29, 1.82) is 0 Å². The minimum absolute atomic E-state index is 0.0110. The summed E-state index contributed by atoms with van der Waals surface area (Å²) in [7, 11) is 1.50. The number of para-hydroxylation sites is 1. The normalized spacial score (nSPS) is 16.5. The molecule has 0 aliphatic carbocycles. The second-order valence-electron chi connectivity index (χ2n) is 6.26. The first-order chi connectivity index (χ1) is 13.9. The van der Waals surface area contributed by atoms with Crippen molar-refractivity contribution in [2.24, 2.45) is 0 Å². The molecule has 152 valence electrons. The van der Waals surface area contributed by atoms with Gasteiger partial charge in [-0.2, -0.15) is 0 Å². The van der Waals surface area contributed by atoms with Gasteiger partial charge in [-0.05, 0) is 30.7 Å². The third-order valence-corrected chi connectivity index (χ3v) is 4.83. The van der Waals surface area contributed by atoms with E-state index in [4.69, 9.17) is 21.1 Å². The van der Waals surface area contributed by atoms with Crippen molar-refractivity contribution in [3.8, 4) is 5.75 Å². The van der Waals surface area contributed by atoms with Gasteiger partial charge < -0.3 is 14.8 Å². The van der Waals surface area contributed by atoms with E-state index in [2.05, 4.69) is 5.32 Å². The lowest BCUT2D eigenvalue weighted by Crippen LogP contribution is -2.48. The van der Waals surface area contributed by atoms with Crippen LogP contribution in [0.15, 0.2) is 59.8 Å². The molecule has 3 rings (SSSR count). The van der Waals surface area contributed by atoms with Crippen molar-refractivity contribution < 1.29 is 23.5 Å². The fraction of sp³-hybridized carbons (Fsp3) is 0.238. The molecule has 0 aromatic heterocycles. The number of nitrogens with one attached hydrogen (secondary N) is 1. The topological polar surface area (TPSA) is 67.9 Å². The van der Waals surface area contributed by atoms with Crippen LogP contribution in [-0.4, -0.2) is 37.2 Å². The molecule has 8 heteroatoms. The molecule has 2 amide bonds. The Balaban J connectivity index is 2.07. The van der Waals surface area contributed by atoms with Crippen LogP contribution in [0.5, 0.6) is 5.75 Å². The fourth-order valence-electron chi connectivity index (χ4n) is 3.03. The predicted octanol–water partition coefficient (Wildman–Crippen LogP) is 4.07. The number of esters is 1. The number of hydrogen-bond donors (Lipinski definition) is 1. The number of halogens is 2. The highest BCUT2D eigenvalue weighted by atomic mass is 35.5. The average Bonchev–Trinajstić information content (AvgIpc) is 2.70. The van der Waals surface area contributed by atoms with E-state index in [1.165, 1.54) is 24.1 Å². The fourth-order valence-corrected chi connectivity index (χ4v) is 3.28. The van der Waals surface area contributed by atoms with Gasteiger partial charge in [0.15, 0.2) is 11.6 Å². The molecule has 1 N–H and O–H groups in total. The zero-order valence-corrected chi connectivity index (χ0v) is 16.7. The Kier molecular flexibility index (Phi) is 6.39. The van der Waals surface area contributed by atoms with Gasteiger partial charge in [0.1, 0.15) is 6.61 Å². The van der Waals surface area contributed by atoms with Crippen molar-refractivity contribution in [1.82, 2.24) is 10.2 Å². The standard InChI is InChI=1S/C21H20ClFN2O4/c1-3-28-20(26)18-16(12-29-17-11-7-6-10-15(17)23)25(2)21(27)24-19(18)13-8-4-5-9-14(13)22/h4-11,19H,3,12H2,1-2H3,(H,24,27)/t19-/m1/s1. The smallest absolute Gasteiger partial charge is 0.338 e. The maximum atomic E-state index is 13.9. The molecule has 0 fully saturated rings. The molecule has 2 aromatic rings. The SMILES string of the molecule is CCOC(=O)C1=C(COc2ccccc2F)N(C)C(=O)N[C@@H]1c1ccccc1Cl. The van der Waals surface area contributed by atoms with Crippen LogP contribution >= 0.6 is 11.6 Å². The van der Waals surface area contributed by atoms with E-state index in [1.54, 1.807) is 43.3 Å². The summed E-state index contributed by atoms with van der Waals surface area (Å²) >= 11 is 6.31. The Bertz CT molecular complexity index is 963. The first-order valence-corrected chi connectivity index (χ1v) is 9.38.